The fourth-order valence-electron chi connectivity index (χ4n) is 2.12. The normalized spacial score (nSPS) is 21.8. The number of anilines is 1. The van der Waals surface area contributed by atoms with Gasteiger partial charge in [-0.25, -0.2) is 0 Å². The van der Waals surface area contributed by atoms with Gasteiger partial charge in [0.1, 0.15) is 23.8 Å². The van der Waals surface area contributed by atoms with Gasteiger partial charge < -0.3 is 19.0 Å². The van der Waals surface area contributed by atoms with Gasteiger partial charge >= 0.3 is 0 Å². The molecule has 2 atom stereocenters. The van der Waals surface area contributed by atoms with Crippen LogP contribution in [0.2, 0.25) is 0 Å². The molecule has 1 aliphatic heterocycles. The number of ether oxygens (including phenoxy) is 3. The van der Waals surface area contributed by atoms with Crippen LogP contribution >= 0.6 is 0 Å². The summed E-state index contributed by atoms with van der Waals surface area (Å²) < 4.78 is 15.3. The van der Waals surface area contributed by atoms with Crippen molar-refractivity contribution in [3.63, 3.8) is 0 Å². The molecule has 1 aliphatic rings. The maximum atomic E-state index is 11.9. The van der Waals surface area contributed by atoms with Crippen LogP contribution in [0.5, 0.6) is 11.5 Å². The van der Waals surface area contributed by atoms with Gasteiger partial charge in [-0.2, -0.15) is 0 Å². The SMILES string of the molecule is COc1ccc(N2C(=O)[C@H](OC)[C@@H]2C=O)c(OC)c1. The van der Waals surface area contributed by atoms with Crippen LogP contribution in [0.3, 0.4) is 0 Å². The molecule has 2 rings (SSSR count). The highest BCUT2D eigenvalue weighted by Gasteiger charge is 2.49. The van der Waals surface area contributed by atoms with Crippen molar-refractivity contribution in [2.45, 2.75) is 12.1 Å². The average molecular weight is 265 g/mol. The van der Waals surface area contributed by atoms with E-state index in [0.29, 0.717) is 23.5 Å². The summed E-state index contributed by atoms with van der Waals surface area (Å²) in [7, 11) is 4.44. The molecule has 6 nitrogen and oxygen atoms in total. The van der Waals surface area contributed by atoms with E-state index in [0.717, 1.165) is 0 Å². The summed E-state index contributed by atoms with van der Waals surface area (Å²) in [6.07, 6.45) is -0.0245. The van der Waals surface area contributed by atoms with Gasteiger partial charge in [0, 0.05) is 13.2 Å². The minimum atomic E-state index is -0.718. The molecular weight excluding hydrogens is 250 g/mol. The zero-order valence-corrected chi connectivity index (χ0v) is 11.0. The monoisotopic (exact) mass is 265 g/mol. The first-order valence-corrected chi connectivity index (χ1v) is 5.71. The van der Waals surface area contributed by atoms with Crippen LogP contribution in [-0.4, -0.2) is 45.7 Å². The number of carbonyl (C=O) groups excluding carboxylic acids is 2. The Labute approximate surface area is 110 Å². The van der Waals surface area contributed by atoms with Gasteiger partial charge in [-0.1, -0.05) is 0 Å². The van der Waals surface area contributed by atoms with Crippen LogP contribution in [0, 0.1) is 0 Å². The smallest absolute Gasteiger partial charge is 0.259 e. The number of rotatable bonds is 5. The Balaban J connectivity index is 2.36. The lowest BCUT2D eigenvalue weighted by Crippen LogP contribution is -2.66. The summed E-state index contributed by atoms with van der Waals surface area (Å²) in [5.41, 5.74) is 0.527. The summed E-state index contributed by atoms with van der Waals surface area (Å²) in [4.78, 5) is 24.4. The topological polar surface area (TPSA) is 65.1 Å². The molecule has 0 unspecified atom stereocenters. The highest BCUT2D eigenvalue weighted by atomic mass is 16.5. The number of β-lactam (4-membered cyclic amide) rings is 1. The average Bonchev–Trinajstić information content (AvgIpc) is 2.45. The first-order valence-electron chi connectivity index (χ1n) is 5.71. The third-order valence-electron chi connectivity index (χ3n) is 3.13. The van der Waals surface area contributed by atoms with Crippen LogP contribution in [0.1, 0.15) is 0 Å². The minimum Gasteiger partial charge on any atom is -0.497 e. The molecule has 0 radical (unpaired) electrons. The van der Waals surface area contributed by atoms with Gasteiger partial charge in [-0.05, 0) is 12.1 Å². The second kappa shape index (κ2) is 5.27. The van der Waals surface area contributed by atoms with Gasteiger partial charge in [0.15, 0.2) is 6.10 Å². The zero-order chi connectivity index (χ0) is 14.0. The molecule has 0 spiro atoms. The van der Waals surface area contributed by atoms with Crippen molar-refractivity contribution in [3.05, 3.63) is 18.2 Å². The second-order valence-corrected chi connectivity index (χ2v) is 4.03. The van der Waals surface area contributed by atoms with Crippen molar-refractivity contribution in [2.24, 2.45) is 0 Å². The van der Waals surface area contributed by atoms with Crippen molar-refractivity contribution in [1.29, 1.82) is 0 Å². The first kappa shape index (κ1) is 13.4. The van der Waals surface area contributed by atoms with Crippen LogP contribution in [0.15, 0.2) is 18.2 Å². The Morgan fingerprint density at radius 2 is 1.95 bits per heavy atom. The van der Waals surface area contributed by atoms with Crippen molar-refractivity contribution < 1.29 is 23.8 Å². The summed E-state index contributed by atoms with van der Waals surface area (Å²) in [5.74, 6) is 0.816. The first-order chi connectivity index (χ1) is 9.17. The third kappa shape index (κ3) is 2.04. The van der Waals surface area contributed by atoms with E-state index in [9.17, 15) is 9.59 Å². The van der Waals surface area contributed by atoms with Crippen LogP contribution in [0.25, 0.3) is 0 Å². The molecule has 0 N–H and O–H groups in total. The highest BCUT2D eigenvalue weighted by molar-refractivity contribution is 6.10. The third-order valence-corrected chi connectivity index (χ3v) is 3.13. The lowest BCUT2D eigenvalue weighted by molar-refractivity contribution is -0.142. The zero-order valence-electron chi connectivity index (χ0n) is 11.0. The fourth-order valence-corrected chi connectivity index (χ4v) is 2.12. The number of hydrogen-bond donors (Lipinski definition) is 0. The van der Waals surface area contributed by atoms with Crippen LogP contribution < -0.4 is 14.4 Å². The number of carbonyl (C=O) groups is 2. The van der Waals surface area contributed by atoms with E-state index >= 15 is 0 Å². The number of aldehydes is 1. The molecule has 0 saturated carbocycles. The fraction of sp³-hybridized carbons (Fsp3) is 0.385. The Morgan fingerprint density at radius 3 is 2.47 bits per heavy atom. The predicted octanol–water partition coefficient (Wildman–Crippen LogP) is 0.633. The van der Waals surface area contributed by atoms with E-state index < -0.39 is 12.1 Å². The molecule has 1 aromatic carbocycles. The summed E-state index contributed by atoms with van der Waals surface area (Å²) in [5, 5.41) is 0. The van der Waals surface area contributed by atoms with E-state index in [4.69, 9.17) is 14.2 Å². The number of hydrogen-bond acceptors (Lipinski definition) is 5. The van der Waals surface area contributed by atoms with E-state index in [-0.39, 0.29) is 5.91 Å². The van der Waals surface area contributed by atoms with Crippen molar-refractivity contribution in [3.8, 4) is 11.5 Å². The van der Waals surface area contributed by atoms with Crippen molar-refractivity contribution >= 4 is 17.9 Å². The van der Waals surface area contributed by atoms with E-state index in [1.807, 2.05) is 0 Å². The Kier molecular flexibility index (Phi) is 3.71. The molecule has 0 aliphatic carbocycles. The quantitative estimate of drug-likeness (QED) is 0.577. The molecule has 0 bridgehead atoms. The van der Waals surface area contributed by atoms with Gasteiger partial charge in [0.05, 0.1) is 19.9 Å². The van der Waals surface area contributed by atoms with E-state index in [1.54, 1.807) is 25.3 Å². The van der Waals surface area contributed by atoms with Crippen LogP contribution in [0.4, 0.5) is 5.69 Å². The predicted molar refractivity (Wildman–Crippen MR) is 67.7 cm³/mol. The Morgan fingerprint density at radius 1 is 1.21 bits per heavy atom. The standard InChI is InChI=1S/C13H15NO5/c1-17-8-4-5-9(11(6-8)18-2)14-10(7-15)12(19-3)13(14)16/h4-7,10,12H,1-3H3/t10-,12+/m0/s1. The Bertz CT molecular complexity index is 502. The maximum Gasteiger partial charge on any atom is 0.259 e. The minimum absolute atomic E-state index is 0.261. The molecule has 0 aromatic heterocycles. The van der Waals surface area contributed by atoms with Crippen molar-refractivity contribution in [1.82, 2.24) is 0 Å². The van der Waals surface area contributed by atoms with E-state index in [1.165, 1.54) is 19.1 Å². The van der Waals surface area contributed by atoms with Gasteiger partial charge in [0.25, 0.3) is 5.91 Å². The Hall–Kier alpha value is -2.08. The summed E-state index contributed by atoms with van der Waals surface area (Å²) in [6.45, 7) is 0. The van der Waals surface area contributed by atoms with Crippen molar-refractivity contribution in [2.75, 3.05) is 26.2 Å². The summed E-state index contributed by atoms with van der Waals surface area (Å²) >= 11 is 0. The number of benzene rings is 1. The van der Waals surface area contributed by atoms with Gasteiger partial charge in [-0.15, -0.1) is 0 Å². The van der Waals surface area contributed by atoms with E-state index in [2.05, 4.69) is 0 Å². The lowest BCUT2D eigenvalue weighted by Gasteiger charge is -2.43. The molecule has 1 aromatic rings. The molecule has 1 saturated heterocycles. The van der Waals surface area contributed by atoms with Gasteiger partial charge in [-0.3, -0.25) is 9.69 Å². The molecule has 6 heteroatoms. The summed E-state index contributed by atoms with van der Waals surface area (Å²) in [6, 6.07) is 4.41. The molecule has 19 heavy (non-hydrogen) atoms. The highest BCUT2D eigenvalue weighted by Crippen LogP contribution is 2.38. The molecule has 1 amide bonds. The number of methoxy groups -OCH3 is 3. The molecule has 1 heterocycles. The second-order valence-electron chi connectivity index (χ2n) is 4.03. The van der Waals surface area contributed by atoms with Gasteiger partial charge in [0.2, 0.25) is 0 Å². The molecule has 1 fully saturated rings. The molecular formula is C13H15NO5. The number of amides is 1. The molecule has 102 valence electrons. The van der Waals surface area contributed by atoms with Crippen LogP contribution in [-0.2, 0) is 14.3 Å². The lowest BCUT2D eigenvalue weighted by atomic mass is 9.97. The maximum absolute atomic E-state index is 11.9. The number of nitrogens with zero attached hydrogens (tertiary/aromatic N) is 1. The largest absolute Gasteiger partial charge is 0.497 e.